The molecule has 0 bridgehead atoms. The molecule has 0 atom stereocenters. The molecule has 0 amide bonds. The lowest BCUT2D eigenvalue weighted by Gasteiger charge is -2.11. The number of benzene rings is 1. The maximum absolute atomic E-state index is 13.1. The monoisotopic (exact) mass is 353 g/mol. The fourth-order valence-corrected chi connectivity index (χ4v) is 2.36. The van der Waals surface area contributed by atoms with Crippen LogP contribution < -0.4 is 14.8 Å². The summed E-state index contributed by atoms with van der Waals surface area (Å²) >= 11 is 0. The maximum Gasteiger partial charge on any atom is 0.451 e. The average molecular weight is 353 g/mol. The zero-order valence-corrected chi connectivity index (χ0v) is 13.5. The van der Waals surface area contributed by atoms with Crippen LogP contribution in [0.4, 0.5) is 19.0 Å². The van der Waals surface area contributed by atoms with Gasteiger partial charge in [0.25, 0.3) is 0 Å². The van der Waals surface area contributed by atoms with Gasteiger partial charge in [-0.2, -0.15) is 13.2 Å². The first-order valence-corrected chi connectivity index (χ1v) is 7.11. The van der Waals surface area contributed by atoms with Crippen LogP contribution in [-0.2, 0) is 6.18 Å². The van der Waals surface area contributed by atoms with Crippen LogP contribution >= 0.6 is 0 Å². The number of aromatic nitrogens is 4. The molecule has 7 nitrogen and oxygen atoms in total. The first-order valence-electron chi connectivity index (χ1n) is 7.11. The van der Waals surface area contributed by atoms with E-state index in [2.05, 4.69) is 20.3 Å². The van der Waals surface area contributed by atoms with Gasteiger partial charge in [-0.15, -0.1) is 0 Å². The molecule has 0 saturated heterocycles. The van der Waals surface area contributed by atoms with E-state index < -0.39 is 12.0 Å². The minimum Gasteiger partial charge on any atom is -0.493 e. The average Bonchev–Trinajstić information content (AvgIpc) is 3.03. The van der Waals surface area contributed by atoms with E-state index in [9.17, 15) is 13.2 Å². The Bertz CT molecular complexity index is 923. The minimum absolute atomic E-state index is 0.00319. The van der Waals surface area contributed by atoms with Crippen molar-refractivity contribution < 1.29 is 22.6 Å². The van der Waals surface area contributed by atoms with E-state index in [1.165, 1.54) is 32.2 Å². The van der Waals surface area contributed by atoms with E-state index in [-0.39, 0.29) is 17.0 Å². The molecule has 1 aromatic carbocycles. The van der Waals surface area contributed by atoms with E-state index in [4.69, 9.17) is 9.47 Å². The second kappa shape index (κ2) is 6.11. The fourth-order valence-electron chi connectivity index (χ4n) is 2.36. The number of rotatable bonds is 4. The molecule has 0 saturated carbocycles. The lowest BCUT2D eigenvalue weighted by Crippen LogP contribution is -2.13. The van der Waals surface area contributed by atoms with Gasteiger partial charge in [0, 0.05) is 13.1 Å². The largest absolute Gasteiger partial charge is 0.493 e. The standard InChI is InChI=1S/C15H14F3N5O2/c1-19-12-11-13(22-14(21-12)15(16,17)18)23(7-20-11)8-4-5-9(24-2)10(6-8)25-3/h4-7H,1-3H3,(H,19,21,22). The van der Waals surface area contributed by atoms with Crippen LogP contribution in [0.3, 0.4) is 0 Å². The Morgan fingerprint density at radius 2 is 1.80 bits per heavy atom. The molecule has 10 heteroatoms. The molecule has 1 N–H and O–H groups in total. The lowest BCUT2D eigenvalue weighted by molar-refractivity contribution is -0.144. The van der Waals surface area contributed by atoms with Gasteiger partial charge in [0.15, 0.2) is 28.5 Å². The molecule has 25 heavy (non-hydrogen) atoms. The molecule has 0 radical (unpaired) electrons. The zero-order valence-electron chi connectivity index (χ0n) is 13.5. The van der Waals surface area contributed by atoms with Gasteiger partial charge in [-0.1, -0.05) is 0 Å². The zero-order chi connectivity index (χ0) is 18.2. The van der Waals surface area contributed by atoms with Crippen LogP contribution in [0, 0.1) is 0 Å². The van der Waals surface area contributed by atoms with E-state index in [1.807, 2.05) is 0 Å². The summed E-state index contributed by atoms with van der Waals surface area (Å²) in [5.41, 5.74) is 0.776. The fraction of sp³-hybridized carbons (Fsp3) is 0.267. The first kappa shape index (κ1) is 16.8. The number of hydrogen-bond donors (Lipinski definition) is 1. The van der Waals surface area contributed by atoms with Crippen LogP contribution in [0.25, 0.3) is 16.9 Å². The molecule has 0 aliphatic heterocycles. The summed E-state index contributed by atoms with van der Waals surface area (Å²) in [6.45, 7) is 0. The Morgan fingerprint density at radius 3 is 2.40 bits per heavy atom. The van der Waals surface area contributed by atoms with E-state index in [0.29, 0.717) is 17.2 Å². The van der Waals surface area contributed by atoms with Gasteiger partial charge in [0.05, 0.1) is 19.9 Å². The van der Waals surface area contributed by atoms with E-state index in [0.717, 1.165) is 0 Å². The summed E-state index contributed by atoms with van der Waals surface area (Å²) in [6.07, 6.45) is -3.30. The topological polar surface area (TPSA) is 74.1 Å². The lowest BCUT2D eigenvalue weighted by atomic mass is 10.2. The molecule has 0 aliphatic rings. The van der Waals surface area contributed by atoms with Gasteiger partial charge >= 0.3 is 6.18 Å². The number of nitrogens with zero attached hydrogens (tertiary/aromatic N) is 4. The van der Waals surface area contributed by atoms with Gasteiger partial charge in [0.2, 0.25) is 5.82 Å². The molecule has 3 rings (SSSR count). The first-order chi connectivity index (χ1) is 11.9. The van der Waals surface area contributed by atoms with Crippen molar-refractivity contribution in [2.75, 3.05) is 26.6 Å². The number of alkyl halides is 3. The van der Waals surface area contributed by atoms with Crippen LogP contribution in [0.1, 0.15) is 5.82 Å². The number of methoxy groups -OCH3 is 2. The summed E-state index contributed by atoms with van der Waals surface area (Å²) in [6, 6.07) is 4.93. The molecular weight excluding hydrogens is 339 g/mol. The molecule has 2 heterocycles. The van der Waals surface area contributed by atoms with Gasteiger partial charge in [0.1, 0.15) is 6.33 Å². The minimum atomic E-state index is -4.67. The summed E-state index contributed by atoms with van der Waals surface area (Å²) in [4.78, 5) is 11.3. The van der Waals surface area contributed by atoms with Crippen LogP contribution in [0.5, 0.6) is 11.5 Å². The van der Waals surface area contributed by atoms with E-state index in [1.54, 1.807) is 18.2 Å². The Labute approximate surface area is 140 Å². The van der Waals surface area contributed by atoms with Crippen LogP contribution in [0.15, 0.2) is 24.5 Å². The molecule has 2 aromatic heterocycles. The Balaban J connectivity index is 2.24. The van der Waals surface area contributed by atoms with Gasteiger partial charge in [-0.05, 0) is 12.1 Å². The summed E-state index contributed by atoms with van der Waals surface area (Å²) < 4.78 is 51.0. The third-order valence-corrected chi connectivity index (χ3v) is 3.53. The van der Waals surface area contributed by atoms with Gasteiger partial charge in [-0.3, -0.25) is 4.57 Å². The SMILES string of the molecule is CNc1nc(C(F)(F)F)nc2c1ncn2-c1ccc(OC)c(OC)c1. The Kier molecular flexibility index (Phi) is 4.11. The van der Waals surface area contributed by atoms with Crippen LogP contribution in [-0.4, -0.2) is 40.8 Å². The van der Waals surface area contributed by atoms with Crippen molar-refractivity contribution >= 4 is 17.0 Å². The van der Waals surface area contributed by atoms with Crippen molar-refractivity contribution in [1.82, 2.24) is 19.5 Å². The van der Waals surface area contributed by atoms with Gasteiger partial charge in [-0.25, -0.2) is 15.0 Å². The predicted molar refractivity (Wildman–Crippen MR) is 84.3 cm³/mol. The van der Waals surface area contributed by atoms with Crippen LogP contribution in [0.2, 0.25) is 0 Å². The third-order valence-electron chi connectivity index (χ3n) is 3.53. The predicted octanol–water partition coefficient (Wildman–Crippen LogP) is 2.89. The van der Waals surface area contributed by atoms with Gasteiger partial charge < -0.3 is 14.8 Å². The molecule has 3 aromatic rings. The van der Waals surface area contributed by atoms with Crippen molar-refractivity contribution in [1.29, 1.82) is 0 Å². The second-order valence-electron chi connectivity index (χ2n) is 4.97. The normalized spacial score (nSPS) is 11.6. The highest BCUT2D eigenvalue weighted by atomic mass is 19.4. The van der Waals surface area contributed by atoms with Crippen molar-refractivity contribution in [3.8, 4) is 17.2 Å². The highest BCUT2D eigenvalue weighted by Crippen LogP contribution is 2.33. The summed E-state index contributed by atoms with van der Waals surface area (Å²) in [5, 5.41) is 2.62. The highest BCUT2D eigenvalue weighted by Gasteiger charge is 2.36. The van der Waals surface area contributed by atoms with E-state index >= 15 is 0 Å². The highest BCUT2D eigenvalue weighted by molar-refractivity contribution is 5.84. The second-order valence-corrected chi connectivity index (χ2v) is 4.97. The molecule has 0 spiro atoms. The number of fused-ring (bicyclic) bond motifs is 1. The van der Waals surface area contributed by atoms with Crippen molar-refractivity contribution in [3.05, 3.63) is 30.4 Å². The molecule has 132 valence electrons. The molecule has 0 unspecified atom stereocenters. The quantitative estimate of drug-likeness (QED) is 0.777. The third kappa shape index (κ3) is 2.90. The van der Waals surface area contributed by atoms with Crippen molar-refractivity contribution in [2.45, 2.75) is 6.18 Å². The summed E-state index contributed by atoms with van der Waals surface area (Å²) in [5.74, 6) is -0.318. The number of imidazole rings is 1. The molecular formula is C15H14F3N5O2. The number of anilines is 1. The smallest absolute Gasteiger partial charge is 0.451 e. The number of ether oxygens (including phenoxy) is 2. The van der Waals surface area contributed by atoms with Crippen molar-refractivity contribution in [2.24, 2.45) is 0 Å². The molecule has 0 fully saturated rings. The van der Waals surface area contributed by atoms with Crippen molar-refractivity contribution in [3.63, 3.8) is 0 Å². The number of hydrogen-bond acceptors (Lipinski definition) is 6. The number of halogens is 3. The Hall–Kier alpha value is -3.04. The number of nitrogens with one attached hydrogen (secondary N) is 1. The maximum atomic E-state index is 13.1. The summed E-state index contributed by atoms with van der Waals surface area (Å²) in [7, 11) is 4.43. The molecule has 0 aliphatic carbocycles. The Morgan fingerprint density at radius 1 is 1.08 bits per heavy atom.